The van der Waals surface area contributed by atoms with Crippen LogP contribution >= 0.6 is 0 Å². The summed E-state index contributed by atoms with van der Waals surface area (Å²) in [5, 5.41) is 7.32. The van der Waals surface area contributed by atoms with E-state index in [2.05, 4.69) is 66.7 Å². The number of rotatable bonds is 4. The van der Waals surface area contributed by atoms with Gasteiger partial charge >= 0.3 is 0 Å². The first-order valence-electron chi connectivity index (χ1n) is 9.33. The van der Waals surface area contributed by atoms with Crippen molar-refractivity contribution in [1.82, 2.24) is 24.9 Å². The van der Waals surface area contributed by atoms with Crippen molar-refractivity contribution in [3.63, 3.8) is 0 Å². The largest absolute Gasteiger partial charge is 0.357 e. The van der Waals surface area contributed by atoms with Crippen LogP contribution in [0.5, 0.6) is 0 Å². The number of aromatic nitrogens is 5. The van der Waals surface area contributed by atoms with E-state index in [1.807, 2.05) is 37.5 Å². The Morgan fingerprint density at radius 1 is 0.966 bits per heavy atom. The summed E-state index contributed by atoms with van der Waals surface area (Å²) in [6.45, 7) is 2.11. The minimum absolute atomic E-state index is 0.618. The fraction of sp³-hybridized carbons (Fsp3) is 0.0909. The lowest BCUT2D eigenvalue weighted by Crippen LogP contribution is -1.96. The number of pyridine rings is 1. The fourth-order valence-corrected chi connectivity index (χ4v) is 3.37. The van der Waals surface area contributed by atoms with Gasteiger partial charge in [0, 0.05) is 30.5 Å². The fourth-order valence-electron chi connectivity index (χ4n) is 3.37. The molecule has 3 heterocycles. The second kappa shape index (κ2) is 6.87. The molecule has 5 rings (SSSR count). The summed E-state index contributed by atoms with van der Waals surface area (Å²) in [6, 6.07) is 16.3. The number of fused-ring (bicyclic) bond motifs is 2. The molecular weight excluding hydrogens is 362 g/mol. The van der Waals surface area contributed by atoms with Gasteiger partial charge in [0.1, 0.15) is 0 Å². The highest BCUT2D eigenvalue weighted by Gasteiger charge is 2.08. The third-order valence-corrected chi connectivity index (χ3v) is 4.87. The van der Waals surface area contributed by atoms with E-state index in [1.54, 1.807) is 6.20 Å². The van der Waals surface area contributed by atoms with Crippen molar-refractivity contribution in [2.45, 2.75) is 6.92 Å². The monoisotopic (exact) mass is 381 g/mol. The Balaban J connectivity index is 1.51. The molecule has 2 aromatic carbocycles. The summed E-state index contributed by atoms with van der Waals surface area (Å²) < 4.78 is 0. The van der Waals surface area contributed by atoms with E-state index >= 15 is 0 Å². The van der Waals surface area contributed by atoms with Crippen LogP contribution in [0, 0.1) is 6.92 Å². The number of hydrogen-bond acceptors (Lipinski definition) is 6. The van der Waals surface area contributed by atoms with E-state index < -0.39 is 0 Å². The van der Waals surface area contributed by atoms with Crippen molar-refractivity contribution in [2.75, 3.05) is 17.7 Å². The van der Waals surface area contributed by atoms with Crippen LogP contribution in [0.2, 0.25) is 0 Å². The molecule has 3 aromatic heterocycles. The lowest BCUT2D eigenvalue weighted by molar-refractivity contribution is 1.19. The molecular formula is C22H19N7. The molecule has 0 bridgehead atoms. The summed E-state index contributed by atoms with van der Waals surface area (Å²) in [6.07, 6.45) is 3.58. The number of benzene rings is 2. The van der Waals surface area contributed by atoms with Gasteiger partial charge in [-0.05, 0) is 60.0 Å². The molecule has 29 heavy (non-hydrogen) atoms. The van der Waals surface area contributed by atoms with Gasteiger partial charge in [-0.1, -0.05) is 12.1 Å². The molecule has 0 saturated carbocycles. The molecule has 142 valence electrons. The predicted molar refractivity (Wildman–Crippen MR) is 116 cm³/mol. The van der Waals surface area contributed by atoms with Crippen LogP contribution in [0.25, 0.3) is 33.2 Å². The molecule has 0 spiro atoms. The number of anilines is 3. The van der Waals surface area contributed by atoms with Gasteiger partial charge in [-0.3, -0.25) is 0 Å². The van der Waals surface area contributed by atoms with Crippen LogP contribution in [0.4, 0.5) is 17.6 Å². The van der Waals surface area contributed by atoms with E-state index in [1.165, 1.54) is 5.56 Å². The van der Waals surface area contributed by atoms with Gasteiger partial charge in [0.25, 0.3) is 0 Å². The molecule has 0 fully saturated rings. The third-order valence-electron chi connectivity index (χ3n) is 4.87. The van der Waals surface area contributed by atoms with Gasteiger partial charge in [-0.2, -0.15) is 4.98 Å². The maximum atomic E-state index is 4.49. The third kappa shape index (κ3) is 3.23. The number of aryl methyl sites for hydroxylation is 1. The zero-order chi connectivity index (χ0) is 19.8. The van der Waals surface area contributed by atoms with Gasteiger partial charge in [0.05, 0.1) is 11.0 Å². The van der Waals surface area contributed by atoms with Crippen LogP contribution in [0.3, 0.4) is 0 Å². The van der Waals surface area contributed by atoms with Gasteiger partial charge in [0.15, 0.2) is 5.65 Å². The Morgan fingerprint density at radius 2 is 1.90 bits per heavy atom. The van der Waals surface area contributed by atoms with Crippen molar-refractivity contribution < 1.29 is 0 Å². The first-order valence-corrected chi connectivity index (χ1v) is 9.33. The number of imidazole rings is 1. The molecule has 7 heteroatoms. The predicted octanol–water partition coefficient (Wildman–Crippen LogP) is 4.66. The summed E-state index contributed by atoms with van der Waals surface area (Å²) in [5.74, 6) is 1.29. The van der Waals surface area contributed by atoms with E-state index in [0.717, 1.165) is 33.2 Å². The Hall–Kier alpha value is -4.00. The molecule has 5 aromatic rings. The van der Waals surface area contributed by atoms with Crippen molar-refractivity contribution in [2.24, 2.45) is 0 Å². The Bertz CT molecular complexity index is 1310. The summed E-state index contributed by atoms with van der Waals surface area (Å²) in [7, 11) is 1.81. The lowest BCUT2D eigenvalue weighted by Gasteiger charge is -2.11. The SMILES string of the molecule is CNc1ncc2cc(-c3cc(Nc4nc5ncccc5[nH]4)ccc3C)ccc2n1. The minimum atomic E-state index is 0.618. The molecule has 3 N–H and O–H groups in total. The maximum Gasteiger partial charge on any atom is 0.222 e. The number of aromatic amines is 1. The standard InChI is InChI=1S/C22H19N7/c1-13-5-7-16(26-22-28-19-4-3-9-24-20(19)29-22)11-17(13)14-6-8-18-15(10-14)12-25-21(23-2)27-18/h3-12H,1-2H3,(H,23,25,27)(H2,24,26,28,29). The van der Waals surface area contributed by atoms with E-state index in [4.69, 9.17) is 0 Å². The molecule has 0 aliphatic rings. The van der Waals surface area contributed by atoms with Crippen molar-refractivity contribution in [3.8, 4) is 11.1 Å². The molecule has 0 atom stereocenters. The van der Waals surface area contributed by atoms with Gasteiger partial charge in [0.2, 0.25) is 11.9 Å². The van der Waals surface area contributed by atoms with Crippen LogP contribution in [-0.4, -0.2) is 32.0 Å². The number of nitrogens with zero attached hydrogens (tertiary/aromatic N) is 4. The minimum Gasteiger partial charge on any atom is -0.357 e. The molecule has 0 saturated heterocycles. The van der Waals surface area contributed by atoms with Crippen LogP contribution in [0.1, 0.15) is 5.56 Å². The average Bonchev–Trinajstić information content (AvgIpc) is 3.16. The van der Waals surface area contributed by atoms with E-state index in [-0.39, 0.29) is 0 Å². The zero-order valence-corrected chi connectivity index (χ0v) is 16.1. The first-order chi connectivity index (χ1) is 14.2. The summed E-state index contributed by atoms with van der Waals surface area (Å²) in [4.78, 5) is 20.8. The average molecular weight is 381 g/mol. The molecule has 0 aliphatic carbocycles. The second-order valence-corrected chi connectivity index (χ2v) is 6.83. The van der Waals surface area contributed by atoms with Crippen molar-refractivity contribution in [1.29, 1.82) is 0 Å². The molecule has 0 radical (unpaired) electrons. The Kier molecular flexibility index (Phi) is 4.05. The zero-order valence-electron chi connectivity index (χ0n) is 16.1. The quantitative estimate of drug-likeness (QED) is 0.419. The molecule has 0 aliphatic heterocycles. The Labute approximate surface area is 167 Å². The van der Waals surface area contributed by atoms with Gasteiger partial charge < -0.3 is 15.6 Å². The van der Waals surface area contributed by atoms with Crippen molar-refractivity contribution >= 4 is 39.7 Å². The highest BCUT2D eigenvalue weighted by molar-refractivity contribution is 5.86. The lowest BCUT2D eigenvalue weighted by atomic mass is 9.98. The number of hydrogen-bond donors (Lipinski definition) is 3. The van der Waals surface area contributed by atoms with Crippen LogP contribution in [0.15, 0.2) is 60.9 Å². The van der Waals surface area contributed by atoms with Crippen LogP contribution in [-0.2, 0) is 0 Å². The first kappa shape index (κ1) is 17.1. The summed E-state index contributed by atoms with van der Waals surface area (Å²) >= 11 is 0. The van der Waals surface area contributed by atoms with E-state index in [0.29, 0.717) is 17.5 Å². The maximum absolute atomic E-state index is 4.49. The second-order valence-electron chi connectivity index (χ2n) is 6.83. The highest BCUT2D eigenvalue weighted by atomic mass is 15.1. The summed E-state index contributed by atoms with van der Waals surface area (Å²) in [5.41, 5.74) is 6.90. The molecule has 0 unspecified atom stereocenters. The molecule has 7 nitrogen and oxygen atoms in total. The van der Waals surface area contributed by atoms with Crippen molar-refractivity contribution in [3.05, 3.63) is 66.5 Å². The van der Waals surface area contributed by atoms with Crippen LogP contribution < -0.4 is 10.6 Å². The molecule has 0 amide bonds. The highest BCUT2D eigenvalue weighted by Crippen LogP contribution is 2.30. The number of H-pyrrole nitrogens is 1. The number of nitrogens with one attached hydrogen (secondary N) is 3. The van der Waals surface area contributed by atoms with Gasteiger partial charge in [-0.25, -0.2) is 15.0 Å². The smallest absolute Gasteiger partial charge is 0.222 e. The van der Waals surface area contributed by atoms with Gasteiger partial charge in [-0.15, -0.1) is 0 Å². The Morgan fingerprint density at radius 3 is 2.76 bits per heavy atom. The topological polar surface area (TPSA) is 91.4 Å². The normalized spacial score (nSPS) is 11.1. The van der Waals surface area contributed by atoms with E-state index in [9.17, 15) is 0 Å².